The van der Waals surface area contributed by atoms with Crippen molar-refractivity contribution in [2.24, 2.45) is 5.16 Å². The minimum atomic E-state index is 0.496. The van der Waals surface area contributed by atoms with Crippen LogP contribution in [0.15, 0.2) is 17.4 Å². The van der Waals surface area contributed by atoms with Crippen LogP contribution in [0.5, 0.6) is 0 Å². The first-order valence-electron chi connectivity index (χ1n) is 3.22. The van der Waals surface area contributed by atoms with Crippen molar-refractivity contribution in [1.82, 2.24) is 9.97 Å². The standard InChI is InChI=1S/C7H9N3O/c1-5(10-11)7-3-4-8-6(2)9-7/h3-4,11H,1-2H3. The van der Waals surface area contributed by atoms with Crippen LogP contribution >= 0.6 is 0 Å². The van der Waals surface area contributed by atoms with Gasteiger partial charge in [-0.3, -0.25) is 0 Å². The summed E-state index contributed by atoms with van der Waals surface area (Å²) in [6.45, 7) is 3.47. The molecule has 0 bridgehead atoms. The van der Waals surface area contributed by atoms with E-state index in [0.29, 0.717) is 17.2 Å². The summed E-state index contributed by atoms with van der Waals surface area (Å²) in [5.74, 6) is 0.672. The summed E-state index contributed by atoms with van der Waals surface area (Å²) in [5, 5.41) is 11.4. The largest absolute Gasteiger partial charge is 0.411 e. The Kier molecular flexibility index (Phi) is 2.15. The molecule has 0 radical (unpaired) electrons. The average molecular weight is 151 g/mol. The Balaban J connectivity index is 3.06. The van der Waals surface area contributed by atoms with Crippen LogP contribution in [0.3, 0.4) is 0 Å². The third-order valence-corrected chi connectivity index (χ3v) is 1.30. The molecule has 0 saturated carbocycles. The van der Waals surface area contributed by atoms with E-state index in [1.165, 1.54) is 0 Å². The molecule has 1 aromatic heterocycles. The van der Waals surface area contributed by atoms with E-state index in [4.69, 9.17) is 5.21 Å². The van der Waals surface area contributed by atoms with Crippen molar-refractivity contribution in [1.29, 1.82) is 0 Å². The first-order chi connectivity index (χ1) is 5.24. The molecule has 1 heterocycles. The van der Waals surface area contributed by atoms with Crippen LogP contribution in [0.2, 0.25) is 0 Å². The second-order valence-corrected chi connectivity index (χ2v) is 2.17. The van der Waals surface area contributed by atoms with E-state index in [-0.39, 0.29) is 0 Å². The predicted octanol–water partition coefficient (Wildman–Crippen LogP) is 0.983. The van der Waals surface area contributed by atoms with E-state index in [9.17, 15) is 0 Å². The summed E-state index contributed by atoms with van der Waals surface area (Å²) < 4.78 is 0. The summed E-state index contributed by atoms with van der Waals surface area (Å²) in [7, 11) is 0. The van der Waals surface area contributed by atoms with Crippen molar-refractivity contribution < 1.29 is 5.21 Å². The highest BCUT2D eigenvalue weighted by molar-refractivity contribution is 5.96. The van der Waals surface area contributed by atoms with Crippen molar-refractivity contribution in [3.8, 4) is 0 Å². The minimum absolute atomic E-state index is 0.496. The minimum Gasteiger partial charge on any atom is -0.411 e. The molecule has 1 aromatic rings. The fourth-order valence-corrected chi connectivity index (χ4v) is 0.709. The third kappa shape index (κ3) is 1.73. The van der Waals surface area contributed by atoms with Gasteiger partial charge in [0.2, 0.25) is 0 Å². The number of nitrogens with zero attached hydrogens (tertiary/aromatic N) is 3. The van der Waals surface area contributed by atoms with E-state index in [2.05, 4.69) is 15.1 Å². The number of hydrogen-bond acceptors (Lipinski definition) is 4. The molecule has 0 aliphatic carbocycles. The lowest BCUT2D eigenvalue weighted by Crippen LogP contribution is -2.00. The Labute approximate surface area is 64.6 Å². The zero-order valence-corrected chi connectivity index (χ0v) is 6.44. The van der Waals surface area contributed by atoms with Gasteiger partial charge in [0.25, 0.3) is 0 Å². The monoisotopic (exact) mass is 151 g/mol. The smallest absolute Gasteiger partial charge is 0.125 e. The van der Waals surface area contributed by atoms with Gasteiger partial charge >= 0.3 is 0 Å². The molecule has 0 amide bonds. The van der Waals surface area contributed by atoms with Gasteiger partial charge in [-0.2, -0.15) is 0 Å². The molecule has 0 atom stereocenters. The van der Waals surface area contributed by atoms with Gasteiger partial charge in [0.1, 0.15) is 11.5 Å². The molecule has 0 aromatic carbocycles. The quantitative estimate of drug-likeness (QED) is 0.370. The lowest BCUT2D eigenvalue weighted by atomic mass is 10.3. The van der Waals surface area contributed by atoms with Crippen LogP contribution in [0, 0.1) is 6.92 Å². The molecule has 0 spiro atoms. The van der Waals surface area contributed by atoms with Crippen LogP contribution in [0.1, 0.15) is 18.4 Å². The van der Waals surface area contributed by atoms with Gasteiger partial charge in [-0.1, -0.05) is 5.16 Å². The fraction of sp³-hybridized carbons (Fsp3) is 0.286. The number of hydrogen-bond donors (Lipinski definition) is 1. The number of aryl methyl sites for hydroxylation is 1. The number of oxime groups is 1. The molecule has 1 rings (SSSR count). The van der Waals surface area contributed by atoms with Crippen LogP contribution in [0.25, 0.3) is 0 Å². The Hall–Kier alpha value is -1.45. The molecule has 0 fully saturated rings. The summed E-state index contributed by atoms with van der Waals surface area (Å²) in [4.78, 5) is 7.95. The van der Waals surface area contributed by atoms with Gasteiger partial charge in [0.15, 0.2) is 0 Å². The lowest BCUT2D eigenvalue weighted by molar-refractivity contribution is 0.319. The number of aromatic nitrogens is 2. The molecule has 0 aliphatic rings. The molecule has 58 valence electrons. The summed E-state index contributed by atoms with van der Waals surface area (Å²) in [5.41, 5.74) is 1.15. The second kappa shape index (κ2) is 3.09. The SMILES string of the molecule is CC(=NO)c1ccnc(C)n1. The molecule has 0 unspecified atom stereocenters. The van der Waals surface area contributed by atoms with Crippen LogP contribution in [-0.4, -0.2) is 20.9 Å². The normalized spacial score (nSPS) is 11.6. The molecule has 1 N–H and O–H groups in total. The van der Waals surface area contributed by atoms with Crippen LogP contribution in [-0.2, 0) is 0 Å². The van der Waals surface area contributed by atoms with Crippen LogP contribution in [0.4, 0.5) is 0 Å². The van der Waals surface area contributed by atoms with Crippen molar-refractivity contribution >= 4 is 5.71 Å². The van der Waals surface area contributed by atoms with Gasteiger partial charge in [0, 0.05) is 6.20 Å². The summed E-state index contributed by atoms with van der Waals surface area (Å²) >= 11 is 0. The van der Waals surface area contributed by atoms with Crippen molar-refractivity contribution in [2.75, 3.05) is 0 Å². The van der Waals surface area contributed by atoms with E-state index in [0.717, 1.165) is 0 Å². The van der Waals surface area contributed by atoms with Gasteiger partial charge in [0.05, 0.1) is 5.69 Å². The highest BCUT2D eigenvalue weighted by Crippen LogP contribution is 1.95. The molecule has 0 saturated heterocycles. The van der Waals surface area contributed by atoms with E-state index in [1.807, 2.05) is 0 Å². The van der Waals surface area contributed by atoms with Crippen LogP contribution < -0.4 is 0 Å². The number of rotatable bonds is 1. The third-order valence-electron chi connectivity index (χ3n) is 1.30. The van der Waals surface area contributed by atoms with Crippen molar-refractivity contribution in [3.05, 3.63) is 23.8 Å². The van der Waals surface area contributed by atoms with E-state index >= 15 is 0 Å². The Morgan fingerprint density at radius 2 is 2.36 bits per heavy atom. The van der Waals surface area contributed by atoms with Gasteiger partial charge in [-0.25, -0.2) is 9.97 Å². The summed E-state index contributed by atoms with van der Waals surface area (Å²) in [6, 6.07) is 1.70. The van der Waals surface area contributed by atoms with Crippen molar-refractivity contribution in [3.63, 3.8) is 0 Å². The molecule has 11 heavy (non-hydrogen) atoms. The molecule has 4 nitrogen and oxygen atoms in total. The predicted molar refractivity (Wildman–Crippen MR) is 40.8 cm³/mol. The Bertz CT molecular complexity index is 283. The Morgan fingerprint density at radius 1 is 1.64 bits per heavy atom. The zero-order valence-electron chi connectivity index (χ0n) is 6.44. The maximum absolute atomic E-state index is 8.41. The first-order valence-corrected chi connectivity index (χ1v) is 3.22. The van der Waals surface area contributed by atoms with Gasteiger partial charge in [-0.05, 0) is 19.9 Å². The molecular weight excluding hydrogens is 142 g/mol. The highest BCUT2D eigenvalue weighted by Gasteiger charge is 1.98. The topological polar surface area (TPSA) is 58.4 Å². The fourth-order valence-electron chi connectivity index (χ4n) is 0.709. The van der Waals surface area contributed by atoms with E-state index in [1.54, 1.807) is 26.1 Å². The second-order valence-electron chi connectivity index (χ2n) is 2.17. The molecular formula is C7H9N3O. The molecule has 0 aliphatic heterocycles. The van der Waals surface area contributed by atoms with E-state index < -0.39 is 0 Å². The average Bonchev–Trinajstić information content (AvgIpc) is 2.03. The highest BCUT2D eigenvalue weighted by atomic mass is 16.4. The lowest BCUT2D eigenvalue weighted by Gasteiger charge is -1.96. The molecule has 4 heteroatoms. The van der Waals surface area contributed by atoms with Crippen molar-refractivity contribution in [2.45, 2.75) is 13.8 Å². The first kappa shape index (κ1) is 7.65. The zero-order chi connectivity index (χ0) is 8.27. The maximum Gasteiger partial charge on any atom is 0.125 e. The summed E-state index contributed by atoms with van der Waals surface area (Å²) in [6.07, 6.45) is 1.63. The van der Waals surface area contributed by atoms with Gasteiger partial charge < -0.3 is 5.21 Å². The Morgan fingerprint density at radius 3 is 2.91 bits per heavy atom. The van der Waals surface area contributed by atoms with Gasteiger partial charge in [-0.15, -0.1) is 0 Å². The maximum atomic E-state index is 8.41.